The summed E-state index contributed by atoms with van der Waals surface area (Å²) in [5, 5.41) is 0. The minimum atomic E-state index is -0.491. The number of ether oxygens (including phenoxy) is 3. The number of carbonyl (C=O) groups excluding carboxylic acids is 1. The summed E-state index contributed by atoms with van der Waals surface area (Å²) < 4.78 is 16.2. The molecule has 0 spiro atoms. The van der Waals surface area contributed by atoms with E-state index in [1.54, 1.807) is 0 Å². The number of fused-ring (bicyclic) bond motifs is 2. The van der Waals surface area contributed by atoms with Crippen molar-refractivity contribution >= 4 is 5.97 Å². The SMILES string of the molecule is CO[C@H]1C(=O)O[C@@H]2O[C@@H]([C@@H](C)[C@@H]2C)[C@@H]1C. The van der Waals surface area contributed by atoms with E-state index in [9.17, 15) is 4.79 Å². The van der Waals surface area contributed by atoms with E-state index in [-0.39, 0.29) is 30.2 Å². The zero-order valence-electron chi connectivity index (χ0n) is 9.60. The van der Waals surface area contributed by atoms with Crippen molar-refractivity contribution in [2.45, 2.75) is 39.3 Å². The minimum absolute atomic E-state index is 0.0486. The number of rotatable bonds is 1. The third-order valence-electron chi connectivity index (χ3n) is 3.78. The molecule has 0 radical (unpaired) electrons. The lowest BCUT2D eigenvalue weighted by molar-refractivity contribution is -0.179. The largest absolute Gasteiger partial charge is 0.434 e. The van der Waals surface area contributed by atoms with Crippen molar-refractivity contribution in [3.63, 3.8) is 0 Å². The van der Waals surface area contributed by atoms with Gasteiger partial charge in [-0.2, -0.15) is 0 Å². The van der Waals surface area contributed by atoms with Gasteiger partial charge in [0.15, 0.2) is 6.10 Å². The number of hydrogen-bond acceptors (Lipinski definition) is 4. The van der Waals surface area contributed by atoms with E-state index in [0.29, 0.717) is 5.92 Å². The Balaban J connectivity index is 2.25. The summed E-state index contributed by atoms with van der Waals surface area (Å²) in [6.07, 6.45) is -0.823. The highest BCUT2D eigenvalue weighted by molar-refractivity contribution is 5.75. The first kappa shape index (κ1) is 10.9. The maximum Gasteiger partial charge on any atom is 0.337 e. The van der Waals surface area contributed by atoms with Gasteiger partial charge in [-0.1, -0.05) is 20.8 Å². The third-order valence-corrected chi connectivity index (χ3v) is 3.78. The highest BCUT2D eigenvalue weighted by Crippen LogP contribution is 2.40. The first-order valence-corrected chi connectivity index (χ1v) is 5.45. The standard InChI is InChI=1S/C11H18O4/c1-5-6(2)11-14-8(5)7(3)9(13-4)10(12)15-11/h5-9,11H,1-4H3/t5-,6-,7-,8-,9+,11-/m0/s1. The maximum atomic E-state index is 11.7. The predicted molar refractivity (Wildman–Crippen MR) is 53.0 cm³/mol. The van der Waals surface area contributed by atoms with Gasteiger partial charge in [-0.15, -0.1) is 0 Å². The molecule has 0 aliphatic carbocycles. The molecule has 0 saturated carbocycles. The van der Waals surface area contributed by atoms with Crippen LogP contribution in [0.3, 0.4) is 0 Å². The number of carbonyl (C=O) groups is 1. The Morgan fingerprint density at radius 1 is 1.13 bits per heavy atom. The third kappa shape index (κ3) is 1.56. The molecule has 2 saturated heterocycles. The van der Waals surface area contributed by atoms with E-state index in [1.807, 2.05) is 6.92 Å². The fraction of sp³-hybridized carbons (Fsp3) is 0.909. The quantitative estimate of drug-likeness (QED) is 0.615. The van der Waals surface area contributed by atoms with Gasteiger partial charge in [-0.05, 0) is 5.92 Å². The monoisotopic (exact) mass is 214 g/mol. The maximum absolute atomic E-state index is 11.7. The lowest BCUT2D eigenvalue weighted by Gasteiger charge is -2.27. The van der Waals surface area contributed by atoms with Crippen molar-refractivity contribution < 1.29 is 19.0 Å². The molecule has 0 amide bonds. The van der Waals surface area contributed by atoms with Gasteiger partial charge >= 0.3 is 5.97 Å². The molecule has 0 aromatic carbocycles. The second kappa shape index (κ2) is 3.76. The lowest BCUT2D eigenvalue weighted by atomic mass is 9.84. The Bertz CT molecular complexity index is 265. The smallest absolute Gasteiger partial charge is 0.337 e. The Morgan fingerprint density at radius 2 is 1.80 bits per heavy atom. The van der Waals surface area contributed by atoms with Crippen LogP contribution >= 0.6 is 0 Å². The average Bonchev–Trinajstić information content (AvgIpc) is 2.41. The molecule has 0 aromatic rings. The summed E-state index contributed by atoms with van der Waals surface area (Å²) in [6, 6.07) is 0. The number of esters is 1. The Kier molecular flexibility index (Phi) is 2.73. The molecule has 2 bridgehead atoms. The molecule has 15 heavy (non-hydrogen) atoms. The van der Waals surface area contributed by atoms with Crippen LogP contribution in [-0.4, -0.2) is 31.6 Å². The van der Waals surface area contributed by atoms with Crippen molar-refractivity contribution in [1.29, 1.82) is 0 Å². The number of methoxy groups -OCH3 is 1. The summed E-state index contributed by atoms with van der Waals surface area (Å²) in [5.41, 5.74) is 0. The molecule has 2 fully saturated rings. The van der Waals surface area contributed by atoms with Gasteiger partial charge in [-0.3, -0.25) is 0 Å². The van der Waals surface area contributed by atoms with Gasteiger partial charge in [-0.25, -0.2) is 4.79 Å². The fourth-order valence-corrected chi connectivity index (χ4v) is 2.57. The summed E-state index contributed by atoms with van der Waals surface area (Å²) in [4.78, 5) is 11.7. The van der Waals surface area contributed by atoms with E-state index in [4.69, 9.17) is 14.2 Å². The lowest BCUT2D eigenvalue weighted by Crippen LogP contribution is -2.40. The average molecular weight is 214 g/mol. The van der Waals surface area contributed by atoms with Crippen molar-refractivity contribution in [3.8, 4) is 0 Å². The molecule has 0 unspecified atom stereocenters. The minimum Gasteiger partial charge on any atom is -0.434 e. The van der Waals surface area contributed by atoms with E-state index < -0.39 is 6.10 Å². The van der Waals surface area contributed by atoms with Crippen molar-refractivity contribution in [2.75, 3.05) is 7.11 Å². The van der Waals surface area contributed by atoms with Crippen LogP contribution in [0.2, 0.25) is 0 Å². The second-order valence-electron chi connectivity index (χ2n) is 4.64. The summed E-state index contributed by atoms with van der Waals surface area (Å²) in [7, 11) is 1.54. The summed E-state index contributed by atoms with van der Waals surface area (Å²) in [5.74, 6) is 0.415. The van der Waals surface area contributed by atoms with Crippen LogP contribution in [0.5, 0.6) is 0 Å². The van der Waals surface area contributed by atoms with Gasteiger partial charge < -0.3 is 14.2 Å². The van der Waals surface area contributed by atoms with Crippen molar-refractivity contribution in [2.24, 2.45) is 17.8 Å². The van der Waals surface area contributed by atoms with Crippen LogP contribution in [0.1, 0.15) is 20.8 Å². The molecule has 0 aromatic heterocycles. The first-order valence-electron chi connectivity index (χ1n) is 5.45. The van der Waals surface area contributed by atoms with Crippen molar-refractivity contribution in [3.05, 3.63) is 0 Å². The molecule has 2 rings (SSSR count). The normalized spacial score (nSPS) is 50.0. The van der Waals surface area contributed by atoms with Crippen LogP contribution in [0.15, 0.2) is 0 Å². The zero-order chi connectivity index (χ0) is 11.2. The second-order valence-corrected chi connectivity index (χ2v) is 4.64. The summed E-state index contributed by atoms with van der Waals surface area (Å²) >= 11 is 0. The molecule has 86 valence electrons. The highest BCUT2D eigenvalue weighted by atomic mass is 16.7. The van der Waals surface area contributed by atoms with E-state index in [1.165, 1.54) is 7.11 Å². The van der Waals surface area contributed by atoms with Gasteiger partial charge in [0.05, 0.1) is 6.10 Å². The van der Waals surface area contributed by atoms with Crippen LogP contribution in [0.4, 0.5) is 0 Å². The molecular weight excluding hydrogens is 196 g/mol. The summed E-state index contributed by atoms with van der Waals surface area (Å²) in [6.45, 7) is 6.18. The van der Waals surface area contributed by atoms with Gasteiger partial charge in [0, 0.05) is 18.9 Å². The first-order chi connectivity index (χ1) is 7.06. The predicted octanol–water partition coefficient (Wildman–Crippen LogP) is 1.19. The highest BCUT2D eigenvalue weighted by Gasteiger charge is 2.50. The zero-order valence-corrected chi connectivity index (χ0v) is 9.60. The molecule has 4 nitrogen and oxygen atoms in total. The molecule has 6 atom stereocenters. The molecular formula is C11H18O4. The van der Waals surface area contributed by atoms with Gasteiger partial charge in [0.2, 0.25) is 6.29 Å². The van der Waals surface area contributed by atoms with Crippen LogP contribution < -0.4 is 0 Å². The number of hydrogen-bond donors (Lipinski definition) is 0. The Morgan fingerprint density at radius 3 is 2.40 bits per heavy atom. The fourth-order valence-electron chi connectivity index (χ4n) is 2.57. The van der Waals surface area contributed by atoms with E-state index in [0.717, 1.165) is 0 Å². The van der Waals surface area contributed by atoms with E-state index >= 15 is 0 Å². The van der Waals surface area contributed by atoms with Gasteiger partial charge in [0.25, 0.3) is 0 Å². The van der Waals surface area contributed by atoms with Crippen molar-refractivity contribution in [1.82, 2.24) is 0 Å². The molecule has 2 aliphatic heterocycles. The van der Waals surface area contributed by atoms with E-state index in [2.05, 4.69) is 13.8 Å². The molecule has 4 heteroatoms. The molecule has 2 aliphatic rings. The van der Waals surface area contributed by atoms with Crippen LogP contribution in [-0.2, 0) is 19.0 Å². The topological polar surface area (TPSA) is 44.8 Å². The van der Waals surface area contributed by atoms with Crippen LogP contribution in [0.25, 0.3) is 0 Å². The molecule has 0 N–H and O–H groups in total. The Labute approximate surface area is 89.9 Å². The molecule has 2 heterocycles. The Hall–Kier alpha value is -0.610. The van der Waals surface area contributed by atoms with Gasteiger partial charge in [0.1, 0.15) is 0 Å². The van der Waals surface area contributed by atoms with Crippen LogP contribution in [0, 0.1) is 17.8 Å².